The first-order valence-corrected chi connectivity index (χ1v) is 5.79. The number of nitrogens with one attached hydrogen (secondary N) is 3. The molecular formula is C11H20N4. The van der Waals surface area contributed by atoms with E-state index in [4.69, 9.17) is 0 Å². The molecule has 1 aliphatic rings. The predicted molar refractivity (Wildman–Crippen MR) is 60.7 cm³/mol. The normalized spacial score (nSPS) is 15.8. The minimum atomic E-state index is 0.834. The standard InChI is InChI=1S/C11H20N4/c1-9-10(8-14-15-9)7-12-5-2-6-13-11-3-4-11/h8,11-13H,2-7H2,1H3,(H,14,15). The molecule has 0 unspecified atom stereocenters. The highest BCUT2D eigenvalue weighted by atomic mass is 15.1. The van der Waals surface area contributed by atoms with E-state index in [1.807, 2.05) is 6.20 Å². The van der Waals surface area contributed by atoms with Crippen LogP contribution in [-0.4, -0.2) is 29.3 Å². The smallest absolute Gasteiger partial charge is 0.0535 e. The van der Waals surface area contributed by atoms with E-state index in [1.54, 1.807) is 0 Å². The number of rotatable bonds is 7. The summed E-state index contributed by atoms with van der Waals surface area (Å²) in [6, 6.07) is 0.834. The second-order valence-corrected chi connectivity index (χ2v) is 4.28. The fourth-order valence-electron chi connectivity index (χ4n) is 1.58. The molecule has 0 atom stereocenters. The lowest BCUT2D eigenvalue weighted by molar-refractivity contribution is 0.592. The SMILES string of the molecule is Cc1[nH]ncc1CNCCCNC1CC1. The van der Waals surface area contributed by atoms with Gasteiger partial charge in [-0.2, -0.15) is 5.10 Å². The van der Waals surface area contributed by atoms with E-state index < -0.39 is 0 Å². The maximum Gasteiger partial charge on any atom is 0.0535 e. The molecule has 1 fully saturated rings. The Morgan fingerprint density at radius 3 is 3.00 bits per heavy atom. The van der Waals surface area contributed by atoms with Crippen LogP contribution < -0.4 is 10.6 Å². The van der Waals surface area contributed by atoms with Crippen LogP contribution in [0.2, 0.25) is 0 Å². The highest BCUT2D eigenvalue weighted by molar-refractivity contribution is 5.13. The van der Waals surface area contributed by atoms with Gasteiger partial charge in [-0.1, -0.05) is 0 Å². The zero-order valence-corrected chi connectivity index (χ0v) is 9.34. The molecule has 0 saturated heterocycles. The summed E-state index contributed by atoms with van der Waals surface area (Å²) < 4.78 is 0. The fraction of sp³-hybridized carbons (Fsp3) is 0.727. The van der Waals surface area contributed by atoms with Crippen LogP contribution in [0.25, 0.3) is 0 Å². The average Bonchev–Trinajstić information content (AvgIpc) is 2.96. The maximum atomic E-state index is 3.99. The Morgan fingerprint density at radius 1 is 1.47 bits per heavy atom. The van der Waals surface area contributed by atoms with Gasteiger partial charge in [0.2, 0.25) is 0 Å². The Kier molecular flexibility index (Phi) is 3.75. The van der Waals surface area contributed by atoms with Crippen LogP contribution in [0.4, 0.5) is 0 Å². The minimum absolute atomic E-state index is 0.834. The monoisotopic (exact) mass is 208 g/mol. The van der Waals surface area contributed by atoms with Crippen LogP contribution in [0.3, 0.4) is 0 Å². The van der Waals surface area contributed by atoms with Crippen molar-refractivity contribution in [2.45, 2.75) is 38.8 Å². The van der Waals surface area contributed by atoms with Crippen molar-refractivity contribution in [1.29, 1.82) is 0 Å². The van der Waals surface area contributed by atoms with Crippen molar-refractivity contribution in [1.82, 2.24) is 20.8 Å². The topological polar surface area (TPSA) is 52.7 Å². The summed E-state index contributed by atoms with van der Waals surface area (Å²) in [4.78, 5) is 0. The van der Waals surface area contributed by atoms with Gasteiger partial charge in [-0.15, -0.1) is 0 Å². The Labute approximate surface area is 90.8 Å². The van der Waals surface area contributed by atoms with Gasteiger partial charge in [-0.25, -0.2) is 0 Å². The van der Waals surface area contributed by atoms with Crippen LogP contribution >= 0.6 is 0 Å². The van der Waals surface area contributed by atoms with E-state index in [0.29, 0.717) is 0 Å². The lowest BCUT2D eigenvalue weighted by Crippen LogP contribution is -2.23. The van der Waals surface area contributed by atoms with Gasteiger partial charge in [0.15, 0.2) is 0 Å². The van der Waals surface area contributed by atoms with Gasteiger partial charge in [0.05, 0.1) is 6.20 Å². The molecular weight excluding hydrogens is 188 g/mol. The largest absolute Gasteiger partial charge is 0.314 e. The van der Waals surface area contributed by atoms with Gasteiger partial charge in [-0.05, 0) is 39.3 Å². The van der Waals surface area contributed by atoms with Crippen LogP contribution in [0.1, 0.15) is 30.5 Å². The lowest BCUT2D eigenvalue weighted by Gasteiger charge is -2.04. The number of aryl methyl sites for hydroxylation is 1. The summed E-state index contributed by atoms with van der Waals surface area (Å²) in [5.41, 5.74) is 2.43. The third kappa shape index (κ3) is 3.64. The summed E-state index contributed by atoms with van der Waals surface area (Å²) in [5, 5.41) is 13.9. The first-order chi connectivity index (χ1) is 7.36. The molecule has 0 amide bonds. The van der Waals surface area contributed by atoms with Crippen molar-refractivity contribution >= 4 is 0 Å². The van der Waals surface area contributed by atoms with E-state index >= 15 is 0 Å². The first kappa shape index (κ1) is 10.6. The van der Waals surface area contributed by atoms with Crippen LogP contribution in [0, 0.1) is 6.92 Å². The number of hydrogen-bond donors (Lipinski definition) is 3. The quantitative estimate of drug-likeness (QED) is 0.585. The highest BCUT2D eigenvalue weighted by Crippen LogP contribution is 2.18. The van der Waals surface area contributed by atoms with Crippen LogP contribution in [0.15, 0.2) is 6.20 Å². The van der Waals surface area contributed by atoms with Crippen molar-refractivity contribution in [2.24, 2.45) is 0 Å². The Balaban J connectivity index is 1.49. The van der Waals surface area contributed by atoms with E-state index in [1.165, 1.54) is 30.5 Å². The van der Waals surface area contributed by atoms with Gasteiger partial charge in [-0.3, -0.25) is 5.10 Å². The molecule has 15 heavy (non-hydrogen) atoms. The number of hydrogen-bond acceptors (Lipinski definition) is 3. The molecule has 0 aliphatic heterocycles. The molecule has 4 nitrogen and oxygen atoms in total. The third-order valence-electron chi connectivity index (χ3n) is 2.79. The number of aromatic nitrogens is 2. The Morgan fingerprint density at radius 2 is 2.33 bits per heavy atom. The van der Waals surface area contributed by atoms with Gasteiger partial charge < -0.3 is 10.6 Å². The molecule has 4 heteroatoms. The van der Waals surface area contributed by atoms with Crippen molar-refractivity contribution in [3.05, 3.63) is 17.5 Å². The maximum absolute atomic E-state index is 3.99. The van der Waals surface area contributed by atoms with Crippen molar-refractivity contribution in [3.8, 4) is 0 Å². The summed E-state index contributed by atoms with van der Waals surface area (Å²) in [7, 11) is 0. The molecule has 3 N–H and O–H groups in total. The number of aromatic amines is 1. The molecule has 0 aromatic carbocycles. The molecule has 1 aromatic heterocycles. The molecule has 1 heterocycles. The lowest BCUT2D eigenvalue weighted by atomic mass is 10.2. The molecule has 1 aliphatic carbocycles. The van der Waals surface area contributed by atoms with E-state index in [2.05, 4.69) is 27.8 Å². The Bertz CT molecular complexity index is 291. The molecule has 0 bridgehead atoms. The number of H-pyrrole nitrogens is 1. The summed E-state index contributed by atoms with van der Waals surface area (Å²) >= 11 is 0. The fourth-order valence-corrected chi connectivity index (χ4v) is 1.58. The van der Waals surface area contributed by atoms with Gasteiger partial charge in [0.25, 0.3) is 0 Å². The molecule has 0 radical (unpaired) electrons. The molecule has 1 saturated carbocycles. The van der Waals surface area contributed by atoms with Crippen molar-refractivity contribution in [2.75, 3.05) is 13.1 Å². The zero-order chi connectivity index (χ0) is 10.5. The summed E-state index contributed by atoms with van der Waals surface area (Å²) in [6.07, 6.45) is 5.85. The third-order valence-corrected chi connectivity index (χ3v) is 2.79. The van der Waals surface area contributed by atoms with Crippen LogP contribution in [-0.2, 0) is 6.54 Å². The zero-order valence-electron chi connectivity index (χ0n) is 9.34. The second kappa shape index (κ2) is 5.28. The van der Waals surface area contributed by atoms with E-state index in [9.17, 15) is 0 Å². The minimum Gasteiger partial charge on any atom is -0.314 e. The summed E-state index contributed by atoms with van der Waals surface area (Å²) in [6.45, 7) is 5.19. The predicted octanol–water partition coefficient (Wildman–Crippen LogP) is 0.950. The Hall–Kier alpha value is -0.870. The van der Waals surface area contributed by atoms with Crippen molar-refractivity contribution < 1.29 is 0 Å². The van der Waals surface area contributed by atoms with E-state index in [-0.39, 0.29) is 0 Å². The molecule has 0 spiro atoms. The molecule has 1 aromatic rings. The first-order valence-electron chi connectivity index (χ1n) is 5.79. The number of nitrogens with zero attached hydrogens (tertiary/aromatic N) is 1. The van der Waals surface area contributed by atoms with Crippen LogP contribution in [0.5, 0.6) is 0 Å². The van der Waals surface area contributed by atoms with Gasteiger partial charge in [0, 0.05) is 23.8 Å². The van der Waals surface area contributed by atoms with E-state index in [0.717, 1.165) is 25.7 Å². The summed E-state index contributed by atoms with van der Waals surface area (Å²) in [5.74, 6) is 0. The highest BCUT2D eigenvalue weighted by Gasteiger charge is 2.19. The molecule has 84 valence electrons. The molecule has 2 rings (SSSR count). The average molecular weight is 208 g/mol. The second-order valence-electron chi connectivity index (χ2n) is 4.28. The van der Waals surface area contributed by atoms with Gasteiger partial charge in [0.1, 0.15) is 0 Å². The van der Waals surface area contributed by atoms with Crippen molar-refractivity contribution in [3.63, 3.8) is 0 Å². The van der Waals surface area contributed by atoms with Gasteiger partial charge >= 0.3 is 0 Å².